The molecule has 50 heavy (non-hydrogen) atoms. The van der Waals surface area contributed by atoms with E-state index in [1.54, 1.807) is 30.3 Å². The van der Waals surface area contributed by atoms with Gasteiger partial charge in [-0.05, 0) is 86.3 Å². The van der Waals surface area contributed by atoms with Crippen molar-refractivity contribution in [3.63, 3.8) is 0 Å². The average Bonchev–Trinajstić information content (AvgIpc) is 3.74. The number of benzene rings is 1. The quantitative estimate of drug-likeness (QED) is 0.296. The van der Waals surface area contributed by atoms with E-state index in [0.717, 1.165) is 10.2 Å². The lowest BCUT2D eigenvalue weighted by Gasteiger charge is -2.34. The number of halogens is 1. The van der Waals surface area contributed by atoms with Crippen LogP contribution in [0.2, 0.25) is 0 Å². The number of piperidine rings is 1. The van der Waals surface area contributed by atoms with Crippen molar-refractivity contribution in [3.8, 4) is 16.9 Å². The first-order valence-electron chi connectivity index (χ1n) is 16.7. The monoisotopic (exact) mass is 686 g/mol. The number of ether oxygens (including phenoxy) is 1. The van der Waals surface area contributed by atoms with Crippen LogP contribution in [0.5, 0.6) is 0 Å². The molecule has 0 radical (unpaired) electrons. The van der Waals surface area contributed by atoms with Gasteiger partial charge in [-0.3, -0.25) is 14.4 Å². The summed E-state index contributed by atoms with van der Waals surface area (Å²) < 4.78 is 23.2. The number of carbonyl (C=O) groups is 2. The number of amides is 2. The average molecular weight is 687 g/mol. The predicted octanol–water partition coefficient (Wildman–Crippen LogP) is 5.05. The summed E-state index contributed by atoms with van der Waals surface area (Å²) in [5, 5.41) is 17.9. The highest BCUT2D eigenvalue weighted by atomic mass is 19.1. The van der Waals surface area contributed by atoms with Gasteiger partial charge in [-0.25, -0.2) is 14.2 Å². The number of aryl methyl sites for hydroxylation is 1. The standard InChI is InChI=1S/C37H43FN6O6/c1-35(2,3)23-14-21-18-40-44(33(48)29(21)27(38)16-23)30-25(20-45)24(8-11-39-30)22-15-28(32(47)42(7)19-22)41-31(46)26-17-37(26)9-12-43(13-10-37)34(49)50-36(4,5)6/h8,11,14-16,18-19,26,45H,9-10,12-13,17,20H2,1-7H3,(H,41,46). The highest BCUT2D eigenvalue weighted by molar-refractivity contribution is 5.95. The fourth-order valence-electron chi connectivity index (χ4n) is 6.81. The van der Waals surface area contributed by atoms with Crippen molar-refractivity contribution in [2.45, 2.75) is 78.4 Å². The van der Waals surface area contributed by atoms with Crippen molar-refractivity contribution < 1.29 is 23.8 Å². The molecule has 1 saturated carbocycles. The Bertz CT molecular complexity index is 2140. The number of hydrogen-bond donors (Lipinski definition) is 2. The lowest BCUT2D eigenvalue weighted by Crippen LogP contribution is -2.43. The summed E-state index contributed by atoms with van der Waals surface area (Å²) in [4.78, 5) is 58.8. The Kier molecular flexibility index (Phi) is 8.70. The zero-order valence-electron chi connectivity index (χ0n) is 29.5. The molecule has 1 saturated heterocycles. The van der Waals surface area contributed by atoms with Gasteiger partial charge in [0, 0.05) is 55.0 Å². The van der Waals surface area contributed by atoms with Crippen LogP contribution in [0.3, 0.4) is 0 Å². The Morgan fingerprint density at radius 1 is 1.08 bits per heavy atom. The number of fused-ring (bicyclic) bond motifs is 1. The maximum Gasteiger partial charge on any atom is 0.410 e. The number of hydrogen-bond acceptors (Lipinski definition) is 8. The molecule has 6 rings (SSSR count). The lowest BCUT2D eigenvalue weighted by molar-refractivity contribution is -0.118. The van der Waals surface area contributed by atoms with Gasteiger partial charge >= 0.3 is 6.09 Å². The number of nitrogens with one attached hydrogen (secondary N) is 1. The fraction of sp³-hybridized carbons (Fsp3) is 0.459. The molecule has 4 aromatic rings. The molecule has 12 nitrogen and oxygen atoms in total. The molecule has 1 spiro atoms. The van der Waals surface area contributed by atoms with E-state index in [2.05, 4.69) is 15.4 Å². The molecule has 2 amide bonds. The second-order valence-electron chi connectivity index (χ2n) is 15.5. The molecule has 3 aromatic heterocycles. The highest BCUT2D eigenvalue weighted by Crippen LogP contribution is 2.59. The lowest BCUT2D eigenvalue weighted by atomic mass is 9.86. The first kappa shape index (κ1) is 34.9. The van der Waals surface area contributed by atoms with Gasteiger partial charge in [0.15, 0.2) is 5.82 Å². The molecule has 2 N–H and O–H groups in total. The molecule has 1 atom stereocenters. The van der Waals surface area contributed by atoms with E-state index in [4.69, 9.17) is 4.74 Å². The second-order valence-corrected chi connectivity index (χ2v) is 15.5. The van der Waals surface area contributed by atoms with Crippen LogP contribution in [0.1, 0.15) is 71.9 Å². The predicted molar refractivity (Wildman–Crippen MR) is 187 cm³/mol. The largest absolute Gasteiger partial charge is 0.444 e. The number of carbonyl (C=O) groups excluding carboxylic acids is 2. The number of anilines is 1. The molecular formula is C37H43FN6O6. The van der Waals surface area contributed by atoms with Gasteiger partial charge < -0.3 is 24.6 Å². The van der Waals surface area contributed by atoms with Crippen LogP contribution in [0.15, 0.2) is 52.4 Å². The third-order valence-corrected chi connectivity index (χ3v) is 9.77. The zero-order chi connectivity index (χ0) is 36.3. The summed E-state index contributed by atoms with van der Waals surface area (Å²) in [6, 6.07) is 6.24. The molecule has 1 aliphatic heterocycles. The maximum absolute atomic E-state index is 15.4. The summed E-state index contributed by atoms with van der Waals surface area (Å²) in [6.07, 6.45) is 6.01. The van der Waals surface area contributed by atoms with Gasteiger partial charge in [-0.15, -0.1) is 0 Å². The van der Waals surface area contributed by atoms with Crippen LogP contribution in [-0.4, -0.2) is 60.0 Å². The van der Waals surface area contributed by atoms with Crippen LogP contribution < -0.4 is 16.4 Å². The summed E-state index contributed by atoms with van der Waals surface area (Å²) in [6.45, 7) is 11.7. The van der Waals surface area contributed by atoms with Crippen LogP contribution in [0.25, 0.3) is 27.7 Å². The van der Waals surface area contributed by atoms with Gasteiger partial charge in [-0.2, -0.15) is 9.78 Å². The highest BCUT2D eigenvalue weighted by Gasteiger charge is 2.59. The summed E-state index contributed by atoms with van der Waals surface area (Å²) in [5.74, 6) is -1.25. The van der Waals surface area contributed by atoms with Crippen LogP contribution in [0.4, 0.5) is 14.9 Å². The fourth-order valence-corrected chi connectivity index (χ4v) is 6.81. The van der Waals surface area contributed by atoms with E-state index >= 15 is 4.39 Å². The third kappa shape index (κ3) is 6.53. The number of aliphatic hydroxyl groups is 1. The minimum absolute atomic E-state index is 0.00767. The van der Waals surface area contributed by atoms with Crippen molar-refractivity contribution in [2.75, 3.05) is 18.4 Å². The third-order valence-electron chi connectivity index (χ3n) is 9.77. The first-order chi connectivity index (χ1) is 23.4. The Balaban J connectivity index is 1.27. The second kappa shape index (κ2) is 12.4. The van der Waals surface area contributed by atoms with E-state index in [-0.39, 0.29) is 51.2 Å². The summed E-state index contributed by atoms with van der Waals surface area (Å²) >= 11 is 0. The van der Waals surface area contributed by atoms with E-state index in [0.29, 0.717) is 48.9 Å². The zero-order valence-corrected chi connectivity index (χ0v) is 29.5. The SMILES string of the molecule is Cn1cc(-c2ccnc(-n3ncc4cc(C(C)(C)C)cc(F)c4c3=O)c2CO)cc(NC(=O)C2CC23CCN(C(=O)OC(C)(C)C)CC3)c1=O. The smallest absolute Gasteiger partial charge is 0.410 e. The summed E-state index contributed by atoms with van der Waals surface area (Å²) in [7, 11) is 1.55. The molecule has 264 valence electrons. The van der Waals surface area contributed by atoms with Gasteiger partial charge in [-0.1, -0.05) is 20.8 Å². The van der Waals surface area contributed by atoms with Crippen molar-refractivity contribution in [3.05, 3.63) is 80.5 Å². The molecule has 1 aromatic carbocycles. The van der Waals surface area contributed by atoms with Crippen LogP contribution >= 0.6 is 0 Å². The van der Waals surface area contributed by atoms with Crippen molar-refractivity contribution in [2.24, 2.45) is 18.4 Å². The minimum atomic E-state index is -0.733. The van der Waals surface area contributed by atoms with Crippen molar-refractivity contribution in [1.82, 2.24) is 24.2 Å². The van der Waals surface area contributed by atoms with Crippen molar-refractivity contribution in [1.29, 1.82) is 0 Å². The molecule has 4 heterocycles. The summed E-state index contributed by atoms with van der Waals surface area (Å²) in [5.41, 5.74) is -0.410. The molecule has 1 unspecified atom stereocenters. The van der Waals surface area contributed by atoms with Gasteiger partial charge in [0.25, 0.3) is 11.1 Å². The number of likely N-dealkylation sites (tertiary alicyclic amines) is 1. The topological polar surface area (TPSA) is 149 Å². The molecule has 13 heteroatoms. The first-order valence-corrected chi connectivity index (χ1v) is 16.7. The van der Waals surface area contributed by atoms with Gasteiger partial charge in [0.2, 0.25) is 5.91 Å². The molecule has 2 fully saturated rings. The van der Waals surface area contributed by atoms with E-state index < -0.39 is 29.1 Å². The molecular weight excluding hydrogens is 643 g/mol. The number of nitrogens with zero attached hydrogens (tertiary/aromatic N) is 5. The Hall–Kier alpha value is -4.91. The Morgan fingerprint density at radius 2 is 1.78 bits per heavy atom. The van der Waals surface area contributed by atoms with Gasteiger partial charge in [0.1, 0.15) is 17.1 Å². The van der Waals surface area contributed by atoms with Crippen molar-refractivity contribution >= 4 is 28.5 Å². The van der Waals surface area contributed by atoms with Crippen LogP contribution in [-0.2, 0) is 28.6 Å². The number of aliphatic hydroxyl groups excluding tert-OH is 1. The molecule has 2 aliphatic rings. The van der Waals surface area contributed by atoms with E-state index in [1.165, 1.54) is 29.1 Å². The number of pyridine rings is 2. The van der Waals surface area contributed by atoms with Crippen LogP contribution in [0, 0.1) is 17.2 Å². The minimum Gasteiger partial charge on any atom is -0.444 e. The number of aromatic nitrogens is 4. The normalized spacial score (nSPS) is 17.2. The maximum atomic E-state index is 15.4. The Labute approximate surface area is 288 Å². The van der Waals surface area contributed by atoms with Gasteiger partial charge in [0.05, 0.1) is 18.2 Å². The Morgan fingerprint density at radius 3 is 2.42 bits per heavy atom. The number of rotatable bonds is 5. The van der Waals surface area contributed by atoms with E-state index in [9.17, 15) is 24.3 Å². The molecule has 0 bridgehead atoms. The molecule has 1 aliphatic carbocycles. The van der Waals surface area contributed by atoms with E-state index in [1.807, 2.05) is 41.5 Å².